The predicted molar refractivity (Wildman–Crippen MR) is 100.0 cm³/mol. The maximum Gasteiger partial charge on any atom is 0.310 e. The molecule has 0 aromatic heterocycles. The van der Waals surface area contributed by atoms with E-state index in [-0.39, 0.29) is 18.5 Å². The molecule has 2 aromatic rings. The molecular formula is C20H25NO5. The Morgan fingerprint density at radius 1 is 1.00 bits per heavy atom. The van der Waals surface area contributed by atoms with Gasteiger partial charge in [-0.05, 0) is 5.56 Å². The van der Waals surface area contributed by atoms with Gasteiger partial charge in [-0.15, -0.1) is 0 Å². The maximum absolute atomic E-state index is 12.2. The number of nitrogens with one attached hydrogen (secondary N) is 1. The van der Waals surface area contributed by atoms with Crippen molar-refractivity contribution in [3.05, 3.63) is 48.0 Å². The van der Waals surface area contributed by atoms with E-state index in [1.807, 2.05) is 37.3 Å². The molecule has 0 aliphatic heterocycles. The van der Waals surface area contributed by atoms with Crippen molar-refractivity contribution in [1.82, 2.24) is 0 Å². The molecule has 6 nitrogen and oxygen atoms in total. The Morgan fingerprint density at radius 2 is 1.62 bits per heavy atom. The van der Waals surface area contributed by atoms with Gasteiger partial charge in [-0.1, -0.05) is 37.3 Å². The number of hydrogen-bond acceptors (Lipinski definition) is 6. The number of methoxy groups -OCH3 is 3. The largest absolute Gasteiger partial charge is 0.493 e. The number of hydrogen-bond donors (Lipinski definition) is 1. The summed E-state index contributed by atoms with van der Waals surface area (Å²) in [6.07, 6.45) is 0. The van der Waals surface area contributed by atoms with Crippen LogP contribution in [0.15, 0.2) is 42.5 Å². The number of ether oxygens (including phenoxy) is 4. The van der Waals surface area contributed by atoms with E-state index in [0.29, 0.717) is 23.8 Å². The zero-order valence-electron chi connectivity index (χ0n) is 15.6. The first-order chi connectivity index (χ1) is 12.6. The highest BCUT2D eigenvalue weighted by Crippen LogP contribution is 2.39. The van der Waals surface area contributed by atoms with Crippen molar-refractivity contribution in [3.8, 4) is 17.2 Å². The summed E-state index contributed by atoms with van der Waals surface area (Å²) in [6.45, 7) is 2.51. The summed E-state index contributed by atoms with van der Waals surface area (Å²) in [6, 6.07) is 13.2. The number of benzene rings is 2. The van der Waals surface area contributed by atoms with Crippen molar-refractivity contribution in [2.75, 3.05) is 33.2 Å². The lowest BCUT2D eigenvalue weighted by atomic mass is 10.1. The van der Waals surface area contributed by atoms with E-state index in [9.17, 15) is 4.79 Å². The smallest absolute Gasteiger partial charge is 0.310 e. The van der Waals surface area contributed by atoms with Crippen molar-refractivity contribution in [3.63, 3.8) is 0 Å². The van der Waals surface area contributed by atoms with E-state index in [1.165, 1.54) is 0 Å². The van der Waals surface area contributed by atoms with Crippen LogP contribution < -0.4 is 19.5 Å². The molecule has 6 heteroatoms. The fourth-order valence-corrected chi connectivity index (χ4v) is 2.41. The minimum Gasteiger partial charge on any atom is -0.493 e. The molecule has 0 radical (unpaired) electrons. The highest BCUT2D eigenvalue weighted by Gasteiger charge is 2.17. The topological polar surface area (TPSA) is 66.0 Å². The molecule has 2 rings (SSSR count). The van der Waals surface area contributed by atoms with Gasteiger partial charge in [0.2, 0.25) is 5.75 Å². The van der Waals surface area contributed by atoms with Gasteiger partial charge in [0.25, 0.3) is 0 Å². The second-order valence-corrected chi connectivity index (χ2v) is 5.79. The molecule has 0 bridgehead atoms. The van der Waals surface area contributed by atoms with Gasteiger partial charge in [0.15, 0.2) is 11.5 Å². The summed E-state index contributed by atoms with van der Waals surface area (Å²) >= 11 is 0. The highest BCUT2D eigenvalue weighted by atomic mass is 16.5. The molecule has 1 unspecified atom stereocenters. The normalized spacial score (nSPS) is 11.4. The van der Waals surface area contributed by atoms with Crippen molar-refractivity contribution in [2.45, 2.75) is 13.5 Å². The van der Waals surface area contributed by atoms with E-state index < -0.39 is 0 Å². The molecule has 0 fully saturated rings. The van der Waals surface area contributed by atoms with Crippen LogP contribution in [0.2, 0.25) is 0 Å². The van der Waals surface area contributed by atoms with Crippen LogP contribution in [0.3, 0.4) is 0 Å². The van der Waals surface area contributed by atoms with Gasteiger partial charge in [0.05, 0.1) is 27.2 Å². The van der Waals surface area contributed by atoms with Crippen LogP contribution in [0.4, 0.5) is 5.69 Å². The molecule has 0 heterocycles. The molecule has 140 valence electrons. The standard InChI is InChI=1S/C20H25NO5/c1-14(20(22)26-13-15-8-6-5-7-9-15)12-21-16-10-17(23-2)19(25-4)18(11-16)24-3/h5-11,14,21H,12-13H2,1-4H3. The molecule has 0 spiro atoms. The zero-order valence-corrected chi connectivity index (χ0v) is 15.6. The summed E-state index contributed by atoms with van der Waals surface area (Å²) < 4.78 is 21.3. The second kappa shape index (κ2) is 9.56. The number of carbonyl (C=O) groups is 1. The molecule has 0 amide bonds. The molecule has 1 N–H and O–H groups in total. The summed E-state index contributed by atoms with van der Waals surface area (Å²) in [5.74, 6) is 1.06. The first-order valence-electron chi connectivity index (χ1n) is 8.33. The highest BCUT2D eigenvalue weighted by molar-refractivity contribution is 5.73. The van der Waals surface area contributed by atoms with Gasteiger partial charge < -0.3 is 24.3 Å². The SMILES string of the molecule is COc1cc(NCC(C)C(=O)OCc2ccccc2)cc(OC)c1OC. The third kappa shape index (κ3) is 5.05. The molecule has 26 heavy (non-hydrogen) atoms. The van der Waals surface area contributed by atoms with E-state index in [1.54, 1.807) is 33.5 Å². The monoisotopic (exact) mass is 359 g/mol. The summed E-state index contributed by atoms with van der Waals surface area (Å²) in [4.78, 5) is 12.2. The first kappa shape index (κ1) is 19.4. The lowest BCUT2D eigenvalue weighted by Gasteiger charge is -2.17. The zero-order chi connectivity index (χ0) is 18.9. The Morgan fingerprint density at radius 3 is 2.15 bits per heavy atom. The summed E-state index contributed by atoms with van der Waals surface area (Å²) in [7, 11) is 4.67. The average molecular weight is 359 g/mol. The molecule has 0 aliphatic carbocycles. The fourth-order valence-electron chi connectivity index (χ4n) is 2.41. The molecule has 0 saturated carbocycles. The van der Waals surface area contributed by atoms with E-state index in [4.69, 9.17) is 18.9 Å². The van der Waals surface area contributed by atoms with Crippen LogP contribution in [-0.2, 0) is 16.1 Å². The van der Waals surface area contributed by atoms with E-state index in [2.05, 4.69) is 5.32 Å². The van der Waals surface area contributed by atoms with E-state index >= 15 is 0 Å². The molecule has 0 aliphatic rings. The Labute approximate surface area is 154 Å². The van der Waals surface area contributed by atoms with Crippen LogP contribution in [0.1, 0.15) is 12.5 Å². The Hall–Kier alpha value is -2.89. The van der Waals surface area contributed by atoms with Crippen LogP contribution >= 0.6 is 0 Å². The fraction of sp³-hybridized carbons (Fsp3) is 0.350. The van der Waals surface area contributed by atoms with Crippen molar-refractivity contribution < 1.29 is 23.7 Å². The van der Waals surface area contributed by atoms with Gasteiger partial charge in [-0.2, -0.15) is 0 Å². The van der Waals surface area contributed by atoms with E-state index in [0.717, 1.165) is 11.3 Å². The molecular weight excluding hydrogens is 334 g/mol. The Balaban J connectivity index is 1.93. The van der Waals surface area contributed by atoms with Crippen LogP contribution in [0.5, 0.6) is 17.2 Å². The van der Waals surface area contributed by atoms with Gasteiger partial charge in [-0.3, -0.25) is 4.79 Å². The van der Waals surface area contributed by atoms with Crippen molar-refractivity contribution >= 4 is 11.7 Å². The van der Waals surface area contributed by atoms with Crippen molar-refractivity contribution in [2.24, 2.45) is 5.92 Å². The molecule has 2 aromatic carbocycles. The van der Waals surface area contributed by atoms with Gasteiger partial charge in [-0.25, -0.2) is 0 Å². The van der Waals surface area contributed by atoms with Gasteiger partial charge in [0.1, 0.15) is 6.61 Å². The minimum atomic E-state index is -0.308. The molecule has 1 atom stereocenters. The lowest BCUT2D eigenvalue weighted by molar-refractivity contribution is -0.148. The minimum absolute atomic E-state index is 0.256. The first-order valence-corrected chi connectivity index (χ1v) is 8.33. The lowest BCUT2D eigenvalue weighted by Crippen LogP contribution is -2.22. The van der Waals surface area contributed by atoms with Gasteiger partial charge in [0, 0.05) is 24.4 Å². The molecule has 0 saturated heterocycles. The maximum atomic E-state index is 12.2. The quantitative estimate of drug-likeness (QED) is 0.691. The van der Waals surface area contributed by atoms with Crippen LogP contribution in [0.25, 0.3) is 0 Å². The summed E-state index contributed by atoms with van der Waals surface area (Å²) in [5.41, 5.74) is 1.73. The van der Waals surface area contributed by atoms with Gasteiger partial charge >= 0.3 is 5.97 Å². The van der Waals surface area contributed by atoms with Crippen molar-refractivity contribution in [1.29, 1.82) is 0 Å². The van der Waals surface area contributed by atoms with Crippen LogP contribution in [0, 0.1) is 5.92 Å². The summed E-state index contributed by atoms with van der Waals surface area (Å²) in [5, 5.41) is 3.21. The average Bonchev–Trinajstić information content (AvgIpc) is 2.69. The number of carbonyl (C=O) groups excluding carboxylic acids is 1. The predicted octanol–water partition coefficient (Wildman–Crippen LogP) is 3.50. The second-order valence-electron chi connectivity index (χ2n) is 5.79. The number of esters is 1. The third-order valence-corrected chi connectivity index (χ3v) is 3.90. The Kier molecular flexibility index (Phi) is 7.14. The Bertz CT molecular complexity index is 692. The third-order valence-electron chi connectivity index (χ3n) is 3.90. The number of rotatable bonds is 9. The van der Waals surface area contributed by atoms with Crippen LogP contribution in [-0.4, -0.2) is 33.8 Å². The number of anilines is 1.